The van der Waals surface area contributed by atoms with Crippen molar-refractivity contribution >= 4 is 32.5 Å². The van der Waals surface area contributed by atoms with Gasteiger partial charge in [0.15, 0.2) is 0 Å². The van der Waals surface area contributed by atoms with Crippen molar-refractivity contribution in [3.63, 3.8) is 0 Å². The minimum Gasteiger partial charge on any atom is -0.313 e. The lowest BCUT2D eigenvalue weighted by Crippen LogP contribution is -2.07. The van der Waals surface area contributed by atoms with Gasteiger partial charge < -0.3 is 4.98 Å². The van der Waals surface area contributed by atoms with Crippen LogP contribution in [0.1, 0.15) is 0 Å². The van der Waals surface area contributed by atoms with Gasteiger partial charge in [0.25, 0.3) is 5.56 Å². The third kappa shape index (κ3) is 1.64. The van der Waals surface area contributed by atoms with Gasteiger partial charge in [-0.25, -0.2) is 9.97 Å². The monoisotopic (exact) mass is 279 g/mol. The Morgan fingerprint density at radius 1 is 1.00 bits per heavy atom. The van der Waals surface area contributed by atoms with Gasteiger partial charge in [0, 0.05) is 5.56 Å². The van der Waals surface area contributed by atoms with Gasteiger partial charge in [0.2, 0.25) is 0 Å². The average molecular weight is 279 g/mol. The summed E-state index contributed by atoms with van der Waals surface area (Å²) in [6.45, 7) is 0. The van der Waals surface area contributed by atoms with E-state index in [1.54, 1.807) is 11.3 Å². The van der Waals surface area contributed by atoms with E-state index >= 15 is 0 Å². The summed E-state index contributed by atoms with van der Waals surface area (Å²) in [5.41, 5.74) is 2.33. The highest BCUT2D eigenvalue weighted by atomic mass is 32.1. The number of para-hydroxylation sites is 1. The van der Waals surface area contributed by atoms with Crippen molar-refractivity contribution < 1.29 is 0 Å². The highest BCUT2D eigenvalue weighted by Gasteiger charge is 2.12. The third-order valence-electron chi connectivity index (χ3n) is 3.19. The van der Waals surface area contributed by atoms with Crippen molar-refractivity contribution in [3.8, 4) is 10.6 Å². The number of thiazole rings is 1. The molecule has 5 heteroatoms. The van der Waals surface area contributed by atoms with Crippen LogP contribution in [0.15, 0.2) is 53.6 Å². The molecule has 0 aliphatic carbocycles. The maximum atomic E-state index is 12.1. The van der Waals surface area contributed by atoms with Crippen LogP contribution in [0.25, 0.3) is 31.7 Å². The van der Waals surface area contributed by atoms with Crippen molar-refractivity contribution in [2.24, 2.45) is 0 Å². The van der Waals surface area contributed by atoms with E-state index in [4.69, 9.17) is 0 Å². The minimum atomic E-state index is -0.134. The summed E-state index contributed by atoms with van der Waals surface area (Å²) in [6.07, 6.45) is 1.42. The molecule has 2 aromatic carbocycles. The van der Waals surface area contributed by atoms with Gasteiger partial charge in [0.1, 0.15) is 5.01 Å². The lowest BCUT2D eigenvalue weighted by Gasteiger charge is -2.01. The maximum Gasteiger partial charge on any atom is 0.259 e. The fourth-order valence-corrected chi connectivity index (χ4v) is 3.28. The first-order chi connectivity index (χ1) is 9.83. The van der Waals surface area contributed by atoms with E-state index in [-0.39, 0.29) is 5.56 Å². The first-order valence-corrected chi connectivity index (χ1v) is 6.97. The zero-order chi connectivity index (χ0) is 13.5. The van der Waals surface area contributed by atoms with Crippen LogP contribution in [0.3, 0.4) is 0 Å². The van der Waals surface area contributed by atoms with Crippen LogP contribution in [0.2, 0.25) is 0 Å². The summed E-state index contributed by atoms with van der Waals surface area (Å²) in [5, 5.41) is 1.43. The SMILES string of the molecule is O=c1[nH]cnc2cccc(-c3nc4ccccc4s3)c12. The van der Waals surface area contributed by atoms with Crippen LogP contribution in [-0.4, -0.2) is 15.0 Å². The first-order valence-electron chi connectivity index (χ1n) is 6.15. The number of aromatic nitrogens is 3. The number of nitrogens with one attached hydrogen (secondary N) is 1. The highest BCUT2D eigenvalue weighted by Crippen LogP contribution is 2.32. The maximum absolute atomic E-state index is 12.1. The summed E-state index contributed by atoms with van der Waals surface area (Å²) in [4.78, 5) is 23.5. The fourth-order valence-electron chi connectivity index (χ4n) is 2.28. The summed E-state index contributed by atoms with van der Waals surface area (Å²) >= 11 is 1.58. The molecule has 2 aromatic heterocycles. The number of fused-ring (bicyclic) bond motifs is 2. The van der Waals surface area contributed by atoms with Gasteiger partial charge in [-0.1, -0.05) is 24.3 Å². The minimum absolute atomic E-state index is 0.134. The van der Waals surface area contributed by atoms with E-state index in [0.717, 1.165) is 20.8 Å². The number of aromatic amines is 1. The Bertz CT molecular complexity index is 949. The molecule has 4 aromatic rings. The van der Waals surface area contributed by atoms with Crippen LogP contribution < -0.4 is 5.56 Å². The lowest BCUT2D eigenvalue weighted by molar-refractivity contribution is 1.17. The smallest absolute Gasteiger partial charge is 0.259 e. The zero-order valence-corrected chi connectivity index (χ0v) is 11.1. The molecule has 1 N–H and O–H groups in total. The molecule has 4 nitrogen and oxygen atoms in total. The quantitative estimate of drug-likeness (QED) is 0.582. The molecule has 0 unspecified atom stereocenters. The molecule has 0 saturated carbocycles. The molecule has 20 heavy (non-hydrogen) atoms. The van der Waals surface area contributed by atoms with Crippen LogP contribution in [-0.2, 0) is 0 Å². The average Bonchev–Trinajstić information content (AvgIpc) is 2.91. The largest absolute Gasteiger partial charge is 0.313 e. The van der Waals surface area contributed by atoms with Gasteiger partial charge in [-0.3, -0.25) is 4.79 Å². The van der Waals surface area contributed by atoms with Crippen molar-refractivity contribution in [2.75, 3.05) is 0 Å². The van der Waals surface area contributed by atoms with Crippen molar-refractivity contribution in [3.05, 3.63) is 59.1 Å². The van der Waals surface area contributed by atoms with E-state index < -0.39 is 0 Å². The lowest BCUT2D eigenvalue weighted by atomic mass is 10.1. The molecule has 0 spiro atoms. The molecule has 0 saturated heterocycles. The molecular weight excluding hydrogens is 270 g/mol. The summed E-state index contributed by atoms with van der Waals surface area (Å²) < 4.78 is 1.11. The Morgan fingerprint density at radius 2 is 1.85 bits per heavy atom. The molecular formula is C15H9N3OS. The van der Waals surface area contributed by atoms with Gasteiger partial charge in [-0.2, -0.15) is 0 Å². The summed E-state index contributed by atoms with van der Waals surface area (Å²) in [6, 6.07) is 13.6. The van der Waals surface area contributed by atoms with E-state index in [9.17, 15) is 4.79 Å². The normalized spacial score (nSPS) is 11.2. The second-order valence-corrected chi connectivity index (χ2v) is 5.45. The molecule has 0 bridgehead atoms. The second kappa shape index (κ2) is 4.25. The number of hydrogen-bond acceptors (Lipinski definition) is 4. The summed E-state index contributed by atoms with van der Waals surface area (Å²) in [5.74, 6) is 0. The Balaban J connectivity index is 2.09. The van der Waals surface area contributed by atoms with E-state index in [1.807, 2.05) is 42.5 Å². The van der Waals surface area contributed by atoms with Gasteiger partial charge >= 0.3 is 0 Å². The predicted molar refractivity (Wildman–Crippen MR) is 81.0 cm³/mol. The number of nitrogens with zero attached hydrogens (tertiary/aromatic N) is 2. The van der Waals surface area contributed by atoms with Crippen LogP contribution in [0.4, 0.5) is 0 Å². The number of benzene rings is 2. The Labute approximate surface area is 117 Å². The van der Waals surface area contributed by atoms with Crippen molar-refractivity contribution in [2.45, 2.75) is 0 Å². The standard InChI is InChI=1S/C15H9N3OS/c19-14-13-9(4-3-6-11(13)16-8-17-14)15-18-10-5-1-2-7-12(10)20-15/h1-8H,(H,16,17,19). The number of rotatable bonds is 1. The van der Waals surface area contributed by atoms with E-state index in [0.29, 0.717) is 10.9 Å². The molecule has 4 rings (SSSR count). The molecule has 0 radical (unpaired) electrons. The van der Waals surface area contributed by atoms with Crippen LogP contribution in [0, 0.1) is 0 Å². The molecule has 0 aliphatic heterocycles. The van der Waals surface area contributed by atoms with Gasteiger partial charge in [-0.05, 0) is 18.2 Å². The summed E-state index contributed by atoms with van der Waals surface area (Å²) in [7, 11) is 0. The van der Waals surface area contributed by atoms with Crippen LogP contribution in [0.5, 0.6) is 0 Å². The van der Waals surface area contributed by atoms with Crippen molar-refractivity contribution in [1.29, 1.82) is 0 Å². The Kier molecular flexibility index (Phi) is 2.40. The zero-order valence-electron chi connectivity index (χ0n) is 10.3. The first kappa shape index (κ1) is 11.3. The number of H-pyrrole nitrogens is 1. The molecule has 0 aliphatic rings. The third-order valence-corrected chi connectivity index (χ3v) is 4.26. The highest BCUT2D eigenvalue weighted by molar-refractivity contribution is 7.21. The second-order valence-electron chi connectivity index (χ2n) is 4.42. The molecule has 0 fully saturated rings. The molecule has 2 heterocycles. The Morgan fingerprint density at radius 3 is 2.75 bits per heavy atom. The van der Waals surface area contributed by atoms with E-state index in [1.165, 1.54) is 6.33 Å². The van der Waals surface area contributed by atoms with Crippen LogP contribution >= 0.6 is 11.3 Å². The van der Waals surface area contributed by atoms with Gasteiger partial charge in [0.05, 0.1) is 27.4 Å². The van der Waals surface area contributed by atoms with E-state index in [2.05, 4.69) is 15.0 Å². The topological polar surface area (TPSA) is 58.6 Å². The number of hydrogen-bond donors (Lipinski definition) is 1. The molecule has 96 valence electrons. The molecule has 0 atom stereocenters. The molecule has 0 amide bonds. The predicted octanol–water partition coefficient (Wildman–Crippen LogP) is 3.20. The Hall–Kier alpha value is -2.53. The van der Waals surface area contributed by atoms with Gasteiger partial charge in [-0.15, -0.1) is 11.3 Å². The fraction of sp³-hybridized carbons (Fsp3) is 0. The van der Waals surface area contributed by atoms with Crippen molar-refractivity contribution in [1.82, 2.24) is 15.0 Å².